The second kappa shape index (κ2) is 7.52. The van der Waals surface area contributed by atoms with Gasteiger partial charge in [0.05, 0.1) is 22.3 Å². The molecule has 9 heteroatoms. The summed E-state index contributed by atoms with van der Waals surface area (Å²) in [5.41, 5.74) is 2.29. The third kappa shape index (κ3) is 3.58. The lowest BCUT2D eigenvalue weighted by Gasteiger charge is -2.11. The highest BCUT2D eigenvalue weighted by atomic mass is 19.4. The standard InChI is InChI=1S/C23H15F3N4O2/c24-23(25,26)32-16-9-4-6-14(12-16)13-18-19-20(29-28-18)17-10-5-11-27-21(17)30(22(19)31)15-7-2-1-3-8-15/h1-12H,13H2,(H,28,29). The van der Waals surface area contributed by atoms with E-state index in [4.69, 9.17) is 0 Å². The molecule has 0 unspecified atom stereocenters. The van der Waals surface area contributed by atoms with Crippen LogP contribution in [0.25, 0.3) is 27.6 Å². The molecule has 0 aliphatic carbocycles. The third-order valence-electron chi connectivity index (χ3n) is 5.04. The number of ether oxygens (including phenoxy) is 1. The number of hydrogen-bond donors (Lipinski definition) is 1. The fourth-order valence-electron chi connectivity index (χ4n) is 3.77. The molecule has 32 heavy (non-hydrogen) atoms. The van der Waals surface area contributed by atoms with Crippen LogP contribution in [0.15, 0.2) is 77.7 Å². The van der Waals surface area contributed by atoms with Crippen molar-refractivity contribution in [1.29, 1.82) is 0 Å². The summed E-state index contributed by atoms with van der Waals surface area (Å²) in [5.74, 6) is -0.328. The Morgan fingerprint density at radius 1 is 1.00 bits per heavy atom. The molecule has 5 rings (SSSR count). The molecule has 0 radical (unpaired) electrons. The molecule has 0 saturated heterocycles. The van der Waals surface area contributed by atoms with E-state index < -0.39 is 6.36 Å². The Bertz CT molecular complexity index is 1490. The van der Waals surface area contributed by atoms with Crippen LogP contribution >= 0.6 is 0 Å². The molecule has 3 heterocycles. The van der Waals surface area contributed by atoms with Gasteiger partial charge >= 0.3 is 6.36 Å². The van der Waals surface area contributed by atoms with Crippen LogP contribution < -0.4 is 10.3 Å². The van der Waals surface area contributed by atoms with Gasteiger partial charge in [-0.3, -0.25) is 14.5 Å². The number of fused-ring (bicyclic) bond motifs is 3. The van der Waals surface area contributed by atoms with Crippen molar-refractivity contribution in [3.05, 3.63) is 94.5 Å². The predicted molar refractivity (Wildman–Crippen MR) is 113 cm³/mol. The van der Waals surface area contributed by atoms with Crippen LogP contribution in [0.5, 0.6) is 5.75 Å². The summed E-state index contributed by atoms with van der Waals surface area (Å²) < 4.78 is 43.2. The fraction of sp³-hybridized carbons (Fsp3) is 0.0870. The van der Waals surface area contributed by atoms with Crippen molar-refractivity contribution in [1.82, 2.24) is 19.7 Å². The van der Waals surface area contributed by atoms with E-state index >= 15 is 0 Å². The largest absolute Gasteiger partial charge is 0.573 e. The lowest BCUT2D eigenvalue weighted by Crippen LogP contribution is -2.20. The molecule has 0 bridgehead atoms. The molecule has 2 aromatic carbocycles. The number of para-hydroxylation sites is 1. The summed E-state index contributed by atoms with van der Waals surface area (Å²) in [6.45, 7) is 0. The van der Waals surface area contributed by atoms with Gasteiger partial charge < -0.3 is 4.74 Å². The van der Waals surface area contributed by atoms with Gasteiger partial charge in [-0.2, -0.15) is 5.10 Å². The fourth-order valence-corrected chi connectivity index (χ4v) is 3.77. The maximum atomic E-state index is 13.6. The van der Waals surface area contributed by atoms with E-state index in [0.29, 0.717) is 38.9 Å². The quantitative estimate of drug-likeness (QED) is 0.441. The summed E-state index contributed by atoms with van der Waals surface area (Å²) >= 11 is 0. The zero-order valence-corrected chi connectivity index (χ0v) is 16.4. The lowest BCUT2D eigenvalue weighted by atomic mass is 10.1. The number of pyridine rings is 2. The molecule has 0 aliphatic heterocycles. The highest BCUT2D eigenvalue weighted by molar-refractivity contribution is 6.03. The molecule has 0 saturated carbocycles. The van der Waals surface area contributed by atoms with Crippen molar-refractivity contribution < 1.29 is 17.9 Å². The number of aromatic amines is 1. The van der Waals surface area contributed by atoms with Crippen LogP contribution in [-0.2, 0) is 6.42 Å². The van der Waals surface area contributed by atoms with Gasteiger partial charge in [-0.15, -0.1) is 13.2 Å². The van der Waals surface area contributed by atoms with Gasteiger partial charge in [0.25, 0.3) is 5.56 Å². The molecule has 0 amide bonds. The molecule has 5 aromatic rings. The van der Waals surface area contributed by atoms with Crippen molar-refractivity contribution in [3.63, 3.8) is 0 Å². The number of halogens is 3. The molecular weight excluding hydrogens is 421 g/mol. The number of hydrogen-bond acceptors (Lipinski definition) is 4. The van der Waals surface area contributed by atoms with Gasteiger partial charge in [0.2, 0.25) is 0 Å². The SMILES string of the molecule is O=c1c2c(Cc3cccc(OC(F)(F)F)c3)n[nH]c2c2cccnc2n1-c1ccccc1. The Kier molecular flexibility index (Phi) is 4.66. The van der Waals surface area contributed by atoms with Gasteiger partial charge in [0, 0.05) is 18.0 Å². The first-order chi connectivity index (χ1) is 15.4. The van der Waals surface area contributed by atoms with Gasteiger partial charge in [0.15, 0.2) is 0 Å². The van der Waals surface area contributed by atoms with Gasteiger partial charge in [0.1, 0.15) is 11.4 Å². The molecule has 3 aromatic heterocycles. The number of H-pyrrole nitrogens is 1. The van der Waals surface area contributed by atoms with Crippen molar-refractivity contribution >= 4 is 21.9 Å². The minimum atomic E-state index is -4.78. The molecule has 1 N–H and O–H groups in total. The molecule has 0 aliphatic rings. The highest BCUT2D eigenvalue weighted by Crippen LogP contribution is 2.27. The maximum absolute atomic E-state index is 13.6. The number of nitrogens with zero attached hydrogens (tertiary/aromatic N) is 3. The molecule has 6 nitrogen and oxygen atoms in total. The number of benzene rings is 2. The van der Waals surface area contributed by atoms with Gasteiger partial charge in [-0.25, -0.2) is 4.98 Å². The van der Waals surface area contributed by atoms with Crippen molar-refractivity contribution in [2.75, 3.05) is 0 Å². The molecule has 160 valence electrons. The zero-order valence-electron chi connectivity index (χ0n) is 16.4. The van der Waals surface area contributed by atoms with E-state index in [1.165, 1.54) is 22.8 Å². The minimum Gasteiger partial charge on any atom is -0.406 e. The minimum absolute atomic E-state index is 0.144. The van der Waals surface area contributed by atoms with E-state index in [1.54, 1.807) is 30.5 Å². The Morgan fingerprint density at radius 2 is 1.81 bits per heavy atom. The summed E-state index contributed by atoms with van der Waals surface area (Å²) in [6.07, 6.45) is -3.03. The second-order valence-electron chi connectivity index (χ2n) is 7.14. The lowest BCUT2D eigenvalue weighted by molar-refractivity contribution is -0.274. The Balaban J connectivity index is 1.68. The third-order valence-corrected chi connectivity index (χ3v) is 5.04. The Hall–Kier alpha value is -4.14. The molecule has 0 fully saturated rings. The number of aromatic nitrogens is 4. The zero-order chi connectivity index (χ0) is 22.3. The first-order valence-corrected chi connectivity index (χ1v) is 9.67. The van der Waals surface area contributed by atoms with Crippen LogP contribution in [0.4, 0.5) is 13.2 Å². The monoisotopic (exact) mass is 436 g/mol. The van der Waals surface area contributed by atoms with Gasteiger partial charge in [-0.05, 0) is 42.0 Å². The normalized spacial score (nSPS) is 11.8. The predicted octanol–water partition coefficient (Wildman–Crippen LogP) is 4.75. The van der Waals surface area contributed by atoms with E-state index in [0.717, 1.165) is 0 Å². The van der Waals surface area contributed by atoms with Crippen LogP contribution in [0.3, 0.4) is 0 Å². The van der Waals surface area contributed by atoms with Crippen molar-refractivity contribution in [2.45, 2.75) is 12.8 Å². The molecule has 0 spiro atoms. The van der Waals surface area contributed by atoms with Crippen molar-refractivity contribution in [3.8, 4) is 11.4 Å². The first kappa shape index (κ1) is 19.8. The average molecular weight is 436 g/mol. The smallest absolute Gasteiger partial charge is 0.406 e. The van der Waals surface area contributed by atoms with Crippen molar-refractivity contribution in [2.24, 2.45) is 0 Å². The van der Waals surface area contributed by atoms with E-state index in [-0.39, 0.29) is 17.7 Å². The van der Waals surface area contributed by atoms with Crippen LogP contribution in [0, 0.1) is 0 Å². The van der Waals surface area contributed by atoms with Crippen LogP contribution in [-0.4, -0.2) is 26.1 Å². The summed E-state index contributed by atoms with van der Waals surface area (Å²) in [4.78, 5) is 18.0. The summed E-state index contributed by atoms with van der Waals surface area (Å²) in [6, 6.07) is 18.3. The van der Waals surface area contributed by atoms with E-state index in [2.05, 4.69) is 19.9 Å². The topological polar surface area (TPSA) is 72.8 Å². The molecular formula is C23H15F3N4O2. The number of nitrogens with one attached hydrogen (secondary N) is 1. The summed E-state index contributed by atoms with van der Waals surface area (Å²) in [7, 11) is 0. The number of alkyl halides is 3. The maximum Gasteiger partial charge on any atom is 0.573 e. The Labute approximate surface area is 178 Å². The average Bonchev–Trinajstić information content (AvgIpc) is 3.18. The van der Waals surface area contributed by atoms with E-state index in [9.17, 15) is 18.0 Å². The summed E-state index contributed by atoms with van der Waals surface area (Å²) in [5, 5.41) is 8.29. The van der Waals surface area contributed by atoms with Crippen LogP contribution in [0.2, 0.25) is 0 Å². The Morgan fingerprint density at radius 3 is 2.59 bits per heavy atom. The molecule has 0 atom stereocenters. The first-order valence-electron chi connectivity index (χ1n) is 9.67. The van der Waals surface area contributed by atoms with Gasteiger partial charge in [-0.1, -0.05) is 30.3 Å². The highest BCUT2D eigenvalue weighted by Gasteiger charge is 2.31. The van der Waals surface area contributed by atoms with E-state index in [1.807, 2.05) is 24.3 Å². The second-order valence-corrected chi connectivity index (χ2v) is 7.14. The number of rotatable bonds is 4. The van der Waals surface area contributed by atoms with Crippen LogP contribution in [0.1, 0.15) is 11.3 Å².